The van der Waals surface area contributed by atoms with Crippen LogP contribution in [0.2, 0.25) is 0 Å². The fourth-order valence-corrected chi connectivity index (χ4v) is 3.50. The predicted molar refractivity (Wildman–Crippen MR) is 105 cm³/mol. The Labute approximate surface area is 179 Å². The topological polar surface area (TPSA) is 85.4 Å². The first-order valence-electron chi connectivity index (χ1n) is 9.40. The smallest absolute Gasteiger partial charge is 0.491 e. The minimum atomic E-state index is -5.05. The zero-order valence-corrected chi connectivity index (χ0v) is 16.3. The van der Waals surface area contributed by atoms with Crippen molar-refractivity contribution in [3.05, 3.63) is 78.1 Å². The van der Waals surface area contributed by atoms with Gasteiger partial charge in [-0.15, -0.1) is 13.2 Å². The Morgan fingerprint density at radius 3 is 2.69 bits per heavy atom. The summed E-state index contributed by atoms with van der Waals surface area (Å²) in [7, 11) is 0. The number of carbonyl (C=O) groups is 1. The number of benzene rings is 1. The molecule has 7 nitrogen and oxygen atoms in total. The van der Waals surface area contributed by atoms with E-state index in [2.05, 4.69) is 25.3 Å². The standard InChI is InChI=1S/C21H16F4N4O3/c22-15-11-13(5-6-16(15)32-21(23,24)25)20(7-10-31-17-4-2-9-27-18(17)20)29-19(30)28-14-3-1-8-26-12-14/h1-6,8-9,11-12H,7,10H2,(H2,28,29,30). The van der Waals surface area contributed by atoms with Gasteiger partial charge in [0.05, 0.1) is 18.5 Å². The molecule has 1 aromatic carbocycles. The summed E-state index contributed by atoms with van der Waals surface area (Å²) in [6, 6.07) is 8.86. The zero-order valence-electron chi connectivity index (χ0n) is 16.3. The number of aromatic nitrogens is 2. The molecule has 1 atom stereocenters. The molecule has 1 aliphatic heterocycles. The van der Waals surface area contributed by atoms with E-state index in [1.807, 2.05) is 0 Å². The molecule has 11 heteroatoms. The van der Waals surface area contributed by atoms with Crippen molar-refractivity contribution in [2.45, 2.75) is 18.3 Å². The fourth-order valence-electron chi connectivity index (χ4n) is 3.50. The molecule has 4 rings (SSSR count). The predicted octanol–water partition coefficient (Wildman–Crippen LogP) is 4.36. The van der Waals surface area contributed by atoms with Crippen LogP contribution in [0.1, 0.15) is 17.7 Å². The molecule has 1 unspecified atom stereocenters. The van der Waals surface area contributed by atoms with Crippen molar-refractivity contribution in [2.24, 2.45) is 0 Å². The molecular weight excluding hydrogens is 432 g/mol. The molecule has 0 saturated carbocycles. The fraction of sp³-hybridized carbons (Fsp3) is 0.190. The lowest BCUT2D eigenvalue weighted by Crippen LogP contribution is -2.51. The minimum Gasteiger partial charge on any atom is -0.491 e. The molecule has 0 radical (unpaired) electrons. The van der Waals surface area contributed by atoms with E-state index in [9.17, 15) is 22.4 Å². The van der Waals surface area contributed by atoms with Gasteiger partial charge >= 0.3 is 12.4 Å². The third kappa shape index (κ3) is 4.41. The molecule has 0 fully saturated rings. The van der Waals surface area contributed by atoms with Gasteiger partial charge in [-0.05, 0) is 42.0 Å². The van der Waals surface area contributed by atoms with Crippen molar-refractivity contribution in [2.75, 3.05) is 11.9 Å². The first-order valence-corrected chi connectivity index (χ1v) is 9.40. The van der Waals surface area contributed by atoms with E-state index in [-0.39, 0.29) is 24.3 Å². The van der Waals surface area contributed by atoms with Crippen molar-refractivity contribution < 1.29 is 31.8 Å². The summed E-state index contributed by atoms with van der Waals surface area (Å²) in [5.41, 5.74) is -0.502. The third-order valence-electron chi connectivity index (χ3n) is 4.81. The van der Waals surface area contributed by atoms with E-state index in [4.69, 9.17) is 4.74 Å². The van der Waals surface area contributed by atoms with Crippen LogP contribution in [0.4, 0.5) is 28.0 Å². The Kier molecular flexibility index (Phi) is 5.56. The van der Waals surface area contributed by atoms with Crippen molar-refractivity contribution in [1.82, 2.24) is 15.3 Å². The van der Waals surface area contributed by atoms with E-state index in [1.165, 1.54) is 24.7 Å². The monoisotopic (exact) mass is 448 g/mol. The van der Waals surface area contributed by atoms with Gasteiger partial charge in [0.25, 0.3) is 0 Å². The van der Waals surface area contributed by atoms with Crippen molar-refractivity contribution >= 4 is 11.7 Å². The van der Waals surface area contributed by atoms with E-state index in [1.54, 1.807) is 24.3 Å². The zero-order chi connectivity index (χ0) is 22.8. The number of fused-ring (bicyclic) bond motifs is 1. The average molecular weight is 448 g/mol. The largest absolute Gasteiger partial charge is 0.573 e. The molecule has 0 bridgehead atoms. The molecule has 3 heterocycles. The van der Waals surface area contributed by atoms with Crippen LogP contribution >= 0.6 is 0 Å². The lowest BCUT2D eigenvalue weighted by molar-refractivity contribution is -0.275. The number of anilines is 1. The second-order valence-electron chi connectivity index (χ2n) is 6.87. The minimum absolute atomic E-state index is 0.147. The first kappa shape index (κ1) is 21.3. The number of urea groups is 1. The van der Waals surface area contributed by atoms with Crippen molar-refractivity contribution in [1.29, 1.82) is 0 Å². The van der Waals surface area contributed by atoms with Gasteiger partial charge in [0.1, 0.15) is 17.0 Å². The van der Waals surface area contributed by atoms with Crippen LogP contribution in [0.15, 0.2) is 61.1 Å². The molecule has 2 amide bonds. The highest BCUT2D eigenvalue weighted by atomic mass is 19.4. The molecule has 2 N–H and O–H groups in total. The van der Waals surface area contributed by atoms with Gasteiger partial charge in [-0.3, -0.25) is 9.97 Å². The summed E-state index contributed by atoms with van der Waals surface area (Å²) in [6.45, 7) is 0.147. The van der Waals surface area contributed by atoms with E-state index >= 15 is 0 Å². The maximum absolute atomic E-state index is 14.6. The van der Waals surface area contributed by atoms with Crippen molar-refractivity contribution in [3.8, 4) is 11.5 Å². The number of ether oxygens (including phenoxy) is 2. The van der Waals surface area contributed by atoms with Crippen LogP contribution in [0.3, 0.4) is 0 Å². The second kappa shape index (κ2) is 8.33. The number of nitrogens with one attached hydrogen (secondary N) is 2. The number of pyridine rings is 2. The van der Waals surface area contributed by atoms with Gasteiger partial charge in [-0.1, -0.05) is 6.07 Å². The Balaban J connectivity index is 1.74. The van der Waals surface area contributed by atoms with Gasteiger partial charge < -0.3 is 20.1 Å². The SMILES string of the molecule is O=C(Nc1cccnc1)NC1(c2ccc(OC(F)(F)F)c(F)c2)CCOc2cccnc21. The molecule has 0 spiro atoms. The Morgan fingerprint density at radius 1 is 1.16 bits per heavy atom. The van der Waals surface area contributed by atoms with Gasteiger partial charge in [0.2, 0.25) is 0 Å². The van der Waals surface area contributed by atoms with E-state index in [0.29, 0.717) is 11.4 Å². The summed E-state index contributed by atoms with van der Waals surface area (Å²) in [5.74, 6) is -1.86. The van der Waals surface area contributed by atoms with Crippen LogP contribution in [-0.2, 0) is 5.54 Å². The number of nitrogens with zero attached hydrogens (tertiary/aromatic N) is 2. The third-order valence-corrected chi connectivity index (χ3v) is 4.81. The summed E-state index contributed by atoms with van der Waals surface area (Å²) in [6.07, 6.45) is -0.451. The summed E-state index contributed by atoms with van der Waals surface area (Å²) in [5, 5.41) is 5.42. The molecule has 1 aliphatic rings. The molecule has 166 valence electrons. The van der Waals surface area contributed by atoms with Crippen LogP contribution in [0.25, 0.3) is 0 Å². The Morgan fingerprint density at radius 2 is 1.97 bits per heavy atom. The maximum Gasteiger partial charge on any atom is 0.573 e. The van der Waals surface area contributed by atoms with Gasteiger partial charge in [0.15, 0.2) is 11.6 Å². The van der Waals surface area contributed by atoms with Crippen LogP contribution < -0.4 is 20.1 Å². The number of carbonyl (C=O) groups excluding carboxylic acids is 1. The number of amides is 2. The number of alkyl halides is 3. The number of hydrogen-bond donors (Lipinski definition) is 2. The lowest BCUT2D eigenvalue weighted by Gasteiger charge is -2.39. The molecule has 0 aliphatic carbocycles. The Bertz CT molecular complexity index is 1130. The molecule has 0 saturated heterocycles. The summed E-state index contributed by atoms with van der Waals surface area (Å²) < 4.78 is 61.5. The molecule has 2 aromatic heterocycles. The summed E-state index contributed by atoms with van der Waals surface area (Å²) in [4.78, 5) is 21.0. The highest BCUT2D eigenvalue weighted by molar-refractivity contribution is 5.90. The van der Waals surface area contributed by atoms with Crippen LogP contribution in [0, 0.1) is 5.82 Å². The first-order chi connectivity index (χ1) is 15.3. The second-order valence-corrected chi connectivity index (χ2v) is 6.87. The highest BCUT2D eigenvalue weighted by Gasteiger charge is 2.43. The number of rotatable bonds is 4. The normalized spacial score (nSPS) is 17.6. The van der Waals surface area contributed by atoms with E-state index in [0.717, 1.165) is 12.1 Å². The van der Waals surface area contributed by atoms with Gasteiger partial charge in [-0.25, -0.2) is 9.18 Å². The quantitative estimate of drug-likeness (QED) is 0.580. The van der Waals surface area contributed by atoms with Crippen LogP contribution in [0.5, 0.6) is 11.5 Å². The summed E-state index contributed by atoms with van der Waals surface area (Å²) >= 11 is 0. The highest BCUT2D eigenvalue weighted by Crippen LogP contribution is 2.41. The molecule has 32 heavy (non-hydrogen) atoms. The lowest BCUT2D eigenvalue weighted by atomic mass is 9.81. The van der Waals surface area contributed by atoms with Crippen LogP contribution in [-0.4, -0.2) is 29.0 Å². The number of hydrogen-bond acceptors (Lipinski definition) is 5. The van der Waals surface area contributed by atoms with Gasteiger partial charge in [0, 0.05) is 18.8 Å². The molecule has 3 aromatic rings. The maximum atomic E-state index is 14.6. The van der Waals surface area contributed by atoms with E-state index < -0.39 is 29.5 Å². The Hall–Kier alpha value is -3.89. The number of halogens is 4. The molecular formula is C21H16F4N4O3. The average Bonchev–Trinajstić information content (AvgIpc) is 2.75. The van der Waals surface area contributed by atoms with Crippen molar-refractivity contribution in [3.63, 3.8) is 0 Å². The van der Waals surface area contributed by atoms with Gasteiger partial charge in [-0.2, -0.15) is 0 Å².